The number of amides is 1. The summed E-state index contributed by atoms with van der Waals surface area (Å²) in [5, 5.41) is 0. The molecule has 2 atom stereocenters. The summed E-state index contributed by atoms with van der Waals surface area (Å²) in [4.78, 5) is 13.6. The lowest BCUT2D eigenvalue weighted by Crippen LogP contribution is -2.52. The van der Waals surface area contributed by atoms with Crippen molar-refractivity contribution in [3.8, 4) is 5.75 Å². The van der Waals surface area contributed by atoms with E-state index in [-0.39, 0.29) is 18.2 Å². The summed E-state index contributed by atoms with van der Waals surface area (Å²) < 4.78 is 10.8. The maximum absolute atomic E-state index is 11.9. The molecular formula is C13H18N2O3. The molecule has 5 nitrogen and oxygen atoms in total. The minimum Gasteiger partial charge on any atom is -0.410 e. The van der Waals surface area contributed by atoms with E-state index in [2.05, 4.69) is 0 Å². The van der Waals surface area contributed by atoms with Gasteiger partial charge in [0.05, 0.1) is 19.3 Å². The van der Waals surface area contributed by atoms with Crippen LogP contribution in [0.5, 0.6) is 5.75 Å². The molecule has 5 heteroatoms. The number of benzene rings is 1. The van der Waals surface area contributed by atoms with Crippen LogP contribution in [-0.4, -0.2) is 42.8 Å². The maximum atomic E-state index is 11.9. The normalized spacial score (nSPS) is 21.4. The summed E-state index contributed by atoms with van der Waals surface area (Å²) in [6, 6.07) is 8.93. The van der Waals surface area contributed by atoms with Crippen molar-refractivity contribution in [2.24, 2.45) is 5.73 Å². The molecule has 0 spiro atoms. The maximum Gasteiger partial charge on any atom is 0.415 e. The van der Waals surface area contributed by atoms with Crippen molar-refractivity contribution in [3.05, 3.63) is 30.3 Å². The van der Waals surface area contributed by atoms with E-state index in [0.29, 0.717) is 25.4 Å². The molecule has 1 fully saturated rings. The monoisotopic (exact) mass is 250 g/mol. The van der Waals surface area contributed by atoms with Crippen LogP contribution in [-0.2, 0) is 4.74 Å². The first-order chi connectivity index (χ1) is 8.66. The van der Waals surface area contributed by atoms with Crippen molar-refractivity contribution in [1.82, 2.24) is 4.90 Å². The number of para-hydroxylation sites is 1. The van der Waals surface area contributed by atoms with E-state index in [0.717, 1.165) is 0 Å². The molecule has 1 aromatic carbocycles. The molecule has 2 rings (SSSR count). The fourth-order valence-electron chi connectivity index (χ4n) is 1.81. The van der Waals surface area contributed by atoms with Crippen molar-refractivity contribution in [2.75, 3.05) is 19.7 Å². The quantitative estimate of drug-likeness (QED) is 0.857. The summed E-state index contributed by atoms with van der Waals surface area (Å²) in [5.74, 6) is 0.548. The van der Waals surface area contributed by atoms with Crippen molar-refractivity contribution in [1.29, 1.82) is 0 Å². The number of carbonyl (C=O) groups excluding carboxylic acids is 1. The summed E-state index contributed by atoms with van der Waals surface area (Å²) in [6.07, 6.45) is -0.475. The van der Waals surface area contributed by atoms with E-state index in [1.807, 2.05) is 25.1 Å². The molecule has 2 unspecified atom stereocenters. The predicted octanol–water partition coefficient (Wildman–Crippen LogP) is 1.23. The van der Waals surface area contributed by atoms with Crippen molar-refractivity contribution in [3.63, 3.8) is 0 Å². The molecule has 0 bridgehead atoms. The molecule has 1 aliphatic rings. The molecule has 1 heterocycles. The first-order valence-electron chi connectivity index (χ1n) is 6.06. The fraction of sp³-hybridized carbons (Fsp3) is 0.462. The number of hydrogen-bond acceptors (Lipinski definition) is 4. The lowest BCUT2D eigenvalue weighted by Gasteiger charge is -2.33. The van der Waals surface area contributed by atoms with Crippen LogP contribution in [0.4, 0.5) is 4.79 Å². The van der Waals surface area contributed by atoms with Gasteiger partial charge in [-0.05, 0) is 19.1 Å². The summed E-state index contributed by atoms with van der Waals surface area (Å²) in [6.45, 7) is 3.38. The lowest BCUT2D eigenvalue weighted by molar-refractivity contribution is -0.0295. The van der Waals surface area contributed by atoms with E-state index >= 15 is 0 Å². The average molecular weight is 250 g/mol. The number of nitrogens with zero attached hydrogens (tertiary/aromatic N) is 1. The van der Waals surface area contributed by atoms with Gasteiger partial charge in [0, 0.05) is 12.6 Å². The number of morpholine rings is 1. The van der Waals surface area contributed by atoms with Crippen LogP contribution in [0.15, 0.2) is 30.3 Å². The topological polar surface area (TPSA) is 64.8 Å². The zero-order chi connectivity index (χ0) is 13.0. The molecular weight excluding hydrogens is 232 g/mol. The zero-order valence-corrected chi connectivity index (χ0v) is 10.4. The van der Waals surface area contributed by atoms with E-state index in [9.17, 15) is 4.79 Å². The zero-order valence-electron chi connectivity index (χ0n) is 10.4. The van der Waals surface area contributed by atoms with Gasteiger partial charge >= 0.3 is 6.09 Å². The predicted molar refractivity (Wildman–Crippen MR) is 67.4 cm³/mol. The Morgan fingerprint density at radius 1 is 1.50 bits per heavy atom. The fourth-order valence-corrected chi connectivity index (χ4v) is 1.81. The van der Waals surface area contributed by atoms with Crippen LogP contribution in [0, 0.1) is 0 Å². The van der Waals surface area contributed by atoms with Gasteiger partial charge in [-0.25, -0.2) is 4.79 Å². The highest BCUT2D eigenvalue weighted by molar-refractivity contribution is 5.70. The Morgan fingerprint density at radius 2 is 2.22 bits per heavy atom. The molecule has 1 amide bonds. The van der Waals surface area contributed by atoms with Crippen LogP contribution >= 0.6 is 0 Å². The Labute approximate surface area is 106 Å². The van der Waals surface area contributed by atoms with E-state index < -0.39 is 0 Å². The summed E-state index contributed by atoms with van der Waals surface area (Å²) >= 11 is 0. The van der Waals surface area contributed by atoms with Gasteiger partial charge in [0.25, 0.3) is 0 Å². The summed E-state index contributed by atoms with van der Waals surface area (Å²) in [7, 11) is 0. The second-order valence-electron chi connectivity index (χ2n) is 4.40. The Bertz CT molecular complexity index is 394. The molecule has 0 radical (unpaired) electrons. The smallest absolute Gasteiger partial charge is 0.410 e. The number of carbonyl (C=O) groups is 1. The van der Waals surface area contributed by atoms with Gasteiger partial charge in [-0.1, -0.05) is 18.2 Å². The van der Waals surface area contributed by atoms with Crippen molar-refractivity contribution in [2.45, 2.75) is 19.1 Å². The van der Waals surface area contributed by atoms with Gasteiger partial charge in [0.1, 0.15) is 5.75 Å². The highest BCUT2D eigenvalue weighted by Gasteiger charge is 2.27. The second-order valence-corrected chi connectivity index (χ2v) is 4.40. The van der Waals surface area contributed by atoms with Crippen LogP contribution in [0.1, 0.15) is 6.92 Å². The molecule has 0 aromatic heterocycles. The Kier molecular flexibility index (Phi) is 4.17. The van der Waals surface area contributed by atoms with Crippen LogP contribution in [0.3, 0.4) is 0 Å². The number of nitrogens with two attached hydrogens (primary N) is 1. The van der Waals surface area contributed by atoms with Gasteiger partial charge in [0.15, 0.2) is 0 Å². The Balaban J connectivity index is 1.93. The Hall–Kier alpha value is -1.59. The number of ether oxygens (including phenoxy) is 2. The van der Waals surface area contributed by atoms with Gasteiger partial charge < -0.3 is 20.1 Å². The summed E-state index contributed by atoms with van der Waals surface area (Å²) in [5.41, 5.74) is 5.78. The lowest BCUT2D eigenvalue weighted by atomic mass is 10.1. The Morgan fingerprint density at radius 3 is 2.89 bits per heavy atom. The third-order valence-corrected chi connectivity index (χ3v) is 2.89. The van der Waals surface area contributed by atoms with Gasteiger partial charge in [-0.15, -0.1) is 0 Å². The molecule has 2 N–H and O–H groups in total. The first kappa shape index (κ1) is 12.9. The van der Waals surface area contributed by atoms with Gasteiger partial charge in [-0.3, -0.25) is 0 Å². The standard InChI is InChI=1S/C13H18N2O3/c1-10(14)12-9-15(7-8-17-12)13(16)18-11-5-3-2-4-6-11/h2-6,10,12H,7-9,14H2,1H3. The third-order valence-electron chi connectivity index (χ3n) is 2.89. The van der Waals surface area contributed by atoms with Gasteiger partial charge in [-0.2, -0.15) is 0 Å². The third kappa shape index (κ3) is 3.21. The highest BCUT2D eigenvalue weighted by atomic mass is 16.6. The van der Waals surface area contributed by atoms with Crippen LogP contribution in [0.2, 0.25) is 0 Å². The highest BCUT2D eigenvalue weighted by Crippen LogP contribution is 2.13. The second kappa shape index (κ2) is 5.84. The van der Waals surface area contributed by atoms with E-state index in [1.165, 1.54) is 0 Å². The molecule has 0 aliphatic carbocycles. The van der Waals surface area contributed by atoms with Gasteiger partial charge in [0.2, 0.25) is 0 Å². The SMILES string of the molecule is CC(N)C1CN(C(=O)Oc2ccccc2)CCO1. The minimum absolute atomic E-state index is 0.0997. The molecule has 18 heavy (non-hydrogen) atoms. The largest absolute Gasteiger partial charge is 0.415 e. The minimum atomic E-state index is -0.352. The first-order valence-corrected chi connectivity index (χ1v) is 6.06. The van der Waals surface area contributed by atoms with Crippen molar-refractivity contribution < 1.29 is 14.3 Å². The average Bonchev–Trinajstić information content (AvgIpc) is 2.40. The van der Waals surface area contributed by atoms with Crippen LogP contribution in [0.25, 0.3) is 0 Å². The number of hydrogen-bond donors (Lipinski definition) is 1. The molecule has 0 saturated carbocycles. The van der Waals surface area contributed by atoms with Crippen molar-refractivity contribution >= 4 is 6.09 Å². The number of rotatable bonds is 2. The molecule has 1 aliphatic heterocycles. The molecule has 1 saturated heterocycles. The van der Waals surface area contributed by atoms with E-state index in [4.69, 9.17) is 15.2 Å². The van der Waals surface area contributed by atoms with Crippen LogP contribution < -0.4 is 10.5 Å². The molecule has 98 valence electrons. The van der Waals surface area contributed by atoms with E-state index in [1.54, 1.807) is 17.0 Å². The molecule has 1 aromatic rings.